The van der Waals surface area contributed by atoms with E-state index in [1.54, 1.807) is 17.2 Å². The van der Waals surface area contributed by atoms with Crippen molar-refractivity contribution < 1.29 is 42.0 Å². The fourth-order valence-corrected chi connectivity index (χ4v) is 9.48. The first-order valence-electron chi connectivity index (χ1n) is 23.2. The number of nitrogens with one attached hydrogen (secondary N) is 2. The second-order valence-electron chi connectivity index (χ2n) is 16.6. The molecule has 0 aliphatic carbocycles. The number of sulfonamides is 1. The molecule has 2 N–H and O–H groups in total. The Morgan fingerprint density at radius 2 is 1.43 bits per heavy atom. The lowest BCUT2D eigenvalue weighted by molar-refractivity contribution is -0.192. The number of imide groups is 1. The van der Waals surface area contributed by atoms with Crippen molar-refractivity contribution in [1.82, 2.24) is 19.5 Å². The molecular weight excluding hydrogens is 959 g/mol. The number of anilines is 2. The van der Waals surface area contributed by atoms with Gasteiger partial charge in [0.15, 0.2) is 18.4 Å². The number of nitrogens with zero attached hydrogens (tertiary/aromatic N) is 4. The van der Waals surface area contributed by atoms with Gasteiger partial charge in [-0.25, -0.2) is 27.9 Å². The summed E-state index contributed by atoms with van der Waals surface area (Å²) >= 11 is 18.4. The van der Waals surface area contributed by atoms with E-state index in [1.165, 1.54) is 24.3 Å². The predicted octanol–water partition coefficient (Wildman–Crippen LogP) is 10.7. The third-order valence-electron chi connectivity index (χ3n) is 11.4. The van der Waals surface area contributed by atoms with Crippen molar-refractivity contribution in [2.75, 3.05) is 23.1 Å². The van der Waals surface area contributed by atoms with Gasteiger partial charge in [-0.05, 0) is 68.1 Å². The number of ether oxygens (including phenoxy) is 1. The van der Waals surface area contributed by atoms with Gasteiger partial charge in [0.25, 0.3) is 27.4 Å². The SMILES string of the molecule is CCCCCCCCN(CCCCCCCC)OC(=O)Cn1c(C(C(=O)Nc2cc(S(=O)(=O)Nc3cc(Cl)c(Cl)cc3Cl)ccc2C=O)N2C(=O)OC(CCCC)C2=O)nc2ccccc2c1=O. The number of benzene rings is 3. The molecule has 2 unspecified atom stereocenters. The maximum atomic E-state index is 14.9. The van der Waals surface area contributed by atoms with Gasteiger partial charge in [-0.1, -0.05) is 138 Å². The molecule has 368 valence electrons. The van der Waals surface area contributed by atoms with Crippen LogP contribution in [0.5, 0.6) is 0 Å². The molecule has 68 heavy (non-hydrogen) atoms. The fourth-order valence-electron chi connectivity index (χ4n) is 7.74. The van der Waals surface area contributed by atoms with Crippen molar-refractivity contribution >= 4 is 97.3 Å². The van der Waals surface area contributed by atoms with Crippen LogP contribution in [0.2, 0.25) is 15.1 Å². The second-order valence-corrected chi connectivity index (χ2v) is 19.5. The summed E-state index contributed by atoms with van der Waals surface area (Å²) in [5.41, 5.74) is -1.41. The Labute approximate surface area is 412 Å². The number of amides is 3. The van der Waals surface area contributed by atoms with Gasteiger partial charge in [-0.2, -0.15) is 0 Å². The molecule has 1 aliphatic heterocycles. The normalized spacial score (nSPS) is 14.3. The summed E-state index contributed by atoms with van der Waals surface area (Å²) in [4.78, 5) is 94.5. The first-order chi connectivity index (χ1) is 32.6. The molecular formula is C48H59Cl3N6O10S. The summed E-state index contributed by atoms with van der Waals surface area (Å²) in [7, 11) is -4.51. The van der Waals surface area contributed by atoms with Gasteiger partial charge in [0, 0.05) is 18.7 Å². The number of carbonyl (C=O) groups is 5. The largest absolute Gasteiger partial charge is 0.436 e. The molecule has 16 nitrogen and oxygen atoms in total. The highest BCUT2D eigenvalue weighted by atomic mass is 35.5. The number of para-hydroxylation sites is 1. The monoisotopic (exact) mass is 1020 g/mol. The van der Waals surface area contributed by atoms with E-state index < -0.39 is 68.9 Å². The first kappa shape index (κ1) is 53.9. The van der Waals surface area contributed by atoms with Crippen molar-refractivity contribution in [2.24, 2.45) is 0 Å². The van der Waals surface area contributed by atoms with Gasteiger partial charge >= 0.3 is 12.1 Å². The van der Waals surface area contributed by atoms with E-state index in [0.29, 0.717) is 37.1 Å². The highest BCUT2D eigenvalue weighted by molar-refractivity contribution is 7.92. The highest BCUT2D eigenvalue weighted by Crippen LogP contribution is 2.35. The Bertz CT molecular complexity index is 2600. The average Bonchev–Trinajstić information content (AvgIpc) is 3.58. The minimum Gasteiger partial charge on any atom is -0.436 e. The Kier molecular flexibility index (Phi) is 20.6. The number of cyclic esters (lactones) is 1. The Balaban J connectivity index is 1.56. The lowest BCUT2D eigenvalue weighted by atomic mass is 10.1. The number of aldehydes is 1. The third-order valence-corrected chi connectivity index (χ3v) is 13.8. The molecule has 0 spiro atoms. The molecule has 0 bridgehead atoms. The Morgan fingerprint density at radius 1 is 0.809 bits per heavy atom. The molecule has 1 aromatic heterocycles. The van der Waals surface area contributed by atoms with Crippen LogP contribution >= 0.6 is 34.8 Å². The first-order valence-corrected chi connectivity index (χ1v) is 25.8. The maximum absolute atomic E-state index is 14.9. The number of hydrogen-bond donors (Lipinski definition) is 2. The number of aromatic nitrogens is 2. The van der Waals surface area contributed by atoms with Gasteiger partial charge in [-0.15, -0.1) is 5.06 Å². The topological polar surface area (TPSA) is 203 Å². The number of hydrogen-bond acceptors (Lipinski definition) is 12. The van der Waals surface area contributed by atoms with Gasteiger partial charge in [0.2, 0.25) is 0 Å². The van der Waals surface area contributed by atoms with E-state index in [4.69, 9.17) is 44.4 Å². The molecule has 4 aromatic rings. The fraction of sp³-hybridized carbons (Fsp3) is 0.479. The van der Waals surface area contributed by atoms with Crippen molar-refractivity contribution in [1.29, 1.82) is 0 Å². The van der Waals surface area contributed by atoms with E-state index in [2.05, 4.69) is 28.9 Å². The number of halogens is 3. The summed E-state index contributed by atoms with van der Waals surface area (Å²) in [6.45, 7) is 6.28. The van der Waals surface area contributed by atoms with Crippen LogP contribution in [0.1, 0.15) is 139 Å². The number of fused-ring (bicyclic) bond motifs is 1. The zero-order valence-electron chi connectivity index (χ0n) is 38.6. The molecule has 3 aromatic carbocycles. The van der Waals surface area contributed by atoms with Crippen LogP contribution in [0.15, 0.2) is 64.3 Å². The van der Waals surface area contributed by atoms with Crippen LogP contribution in [-0.4, -0.2) is 77.3 Å². The summed E-state index contributed by atoms with van der Waals surface area (Å²) in [6.07, 6.45) is 11.2. The molecule has 5 rings (SSSR count). The molecule has 3 amide bonds. The van der Waals surface area contributed by atoms with Crippen molar-refractivity contribution in [3.63, 3.8) is 0 Å². The standard InChI is InChI=1S/C48H59Cl3N6O10S/c1-4-7-10-12-14-18-25-55(26-19-15-13-11-8-5-2)67-42(59)30-56-44(52-38-21-17-16-20-34(38)46(56)61)43(57-47(62)41(22-9-6-3)66-48(57)63)45(60)53-39-27-33(24-23-32(39)31-58)68(64,65)54-40-29-36(50)35(49)28-37(40)51/h16-17,20-21,23-24,27-29,31,41,43,54H,4-15,18-19,22,25-26,30H2,1-3H3,(H,53,60). The Hall–Kier alpha value is -5.07. The molecule has 1 fully saturated rings. The second kappa shape index (κ2) is 26.1. The summed E-state index contributed by atoms with van der Waals surface area (Å²) in [5.74, 6) is -3.50. The predicted molar refractivity (Wildman–Crippen MR) is 263 cm³/mol. The van der Waals surface area contributed by atoms with E-state index >= 15 is 0 Å². The maximum Gasteiger partial charge on any atom is 0.418 e. The number of unbranched alkanes of at least 4 members (excludes halogenated alkanes) is 11. The van der Waals surface area contributed by atoms with E-state index in [-0.39, 0.29) is 49.3 Å². The molecule has 1 aliphatic rings. The third kappa shape index (κ3) is 14.2. The van der Waals surface area contributed by atoms with Crippen molar-refractivity contribution in [2.45, 2.75) is 141 Å². The number of carbonyl (C=O) groups excluding carboxylic acids is 5. The number of rotatable bonds is 28. The van der Waals surface area contributed by atoms with Gasteiger partial charge in [0.1, 0.15) is 12.4 Å². The smallest absolute Gasteiger partial charge is 0.418 e. The van der Waals surface area contributed by atoms with E-state index in [0.717, 1.165) is 99.8 Å². The quantitative estimate of drug-likeness (QED) is 0.0236. The van der Waals surface area contributed by atoms with Crippen molar-refractivity contribution in [3.05, 3.63) is 91.4 Å². The summed E-state index contributed by atoms with van der Waals surface area (Å²) in [6, 6.07) is 9.67. The average molecular weight is 1020 g/mol. The van der Waals surface area contributed by atoms with Gasteiger partial charge < -0.3 is 14.9 Å². The molecule has 2 atom stereocenters. The van der Waals surface area contributed by atoms with Gasteiger partial charge in [0.05, 0.1) is 42.2 Å². The minimum atomic E-state index is -4.51. The number of hydroxylamine groups is 2. The molecule has 0 radical (unpaired) electrons. The van der Waals surface area contributed by atoms with Crippen LogP contribution in [0.25, 0.3) is 10.9 Å². The summed E-state index contributed by atoms with van der Waals surface area (Å²) in [5, 5.41) is 4.15. The minimum absolute atomic E-state index is 0.00341. The van der Waals surface area contributed by atoms with Crippen molar-refractivity contribution in [3.8, 4) is 0 Å². The zero-order chi connectivity index (χ0) is 49.4. The van der Waals surface area contributed by atoms with Gasteiger partial charge in [-0.3, -0.25) is 28.5 Å². The summed E-state index contributed by atoms with van der Waals surface area (Å²) < 4.78 is 36.1. The van der Waals surface area contributed by atoms with Crippen LogP contribution < -0.4 is 15.6 Å². The highest BCUT2D eigenvalue weighted by Gasteiger charge is 2.49. The van der Waals surface area contributed by atoms with Crippen LogP contribution in [0, 0.1) is 0 Å². The molecule has 0 saturated carbocycles. The van der Waals surface area contributed by atoms with Crippen LogP contribution in [0.4, 0.5) is 16.2 Å². The van der Waals surface area contributed by atoms with E-state index in [9.17, 15) is 37.2 Å². The molecule has 2 heterocycles. The Morgan fingerprint density at radius 3 is 2.07 bits per heavy atom. The molecule has 20 heteroatoms. The zero-order valence-corrected chi connectivity index (χ0v) is 41.7. The lowest BCUT2D eigenvalue weighted by Crippen LogP contribution is -2.45. The van der Waals surface area contributed by atoms with Crippen LogP contribution in [-0.2, 0) is 40.5 Å². The lowest BCUT2D eigenvalue weighted by Gasteiger charge is -2.26. The molecule has 1 saturated heterocycles. The van der Waals surface area contributed by atoms with E-state index in [1.807, 2.05) is 6.92 Å². The van der Waals surface area contributed by atoms with Crippen LogP contribution in [0.3, 0.4) is 0 Å².